The highest BCUT2D eigenvalue weighted by Crippen LogP contribution is 2.27. The monoisotopic (exact) mass is 424 g/mol. The van der Waals surface area contributed by atoms with Crippen molar-refractivity contribution in [1.29, 1.82) is 0 Å². The molecule has 4 nitrogen and oxygen atoms in total. The van der Waals surface area contributed by atoms with Crippen molar-refractivity contribution in [2.45, 2.75) is 33.4 Å². The topological polar surface area (TPSA) is 44.0 Å². The lowest BCUT2D eigenvalue weighted by atomic mass is 10.1. The Morgan fingerprint density at radius 1 is 0.931 bits per heavy atom. The summed E-state index contributed by atoms with van der Waals surface area (Å²) in [5.41, 5.74) is 2.49. The molecule has 0 amide bonds. The fourth-order valence-electron chi connectivity index (χ4n) is 3.55. The highest BCUT2D eigenvalue weighted by atomic mass is 35.5. The van der Waals surface area contributed by atoms with Gasteiger partial charge in [-0.15, -0.1) is 11.3 Å². The quantitative estimate of drug-likeness (QED) is 0.462. The van der Waals surface area contributed by atoms with Gasteiger partial charge in [0.05, 0.1) is 11.9 Å². The minimum atomic E-state index is -0.278. The fraction of sp³-hybridized carbons (Fsp3) is 0.217. The number of aromatic nitrogens is 2. The predicted molar refractivity (Wildman–Crippen MR) is 121 cm³/mol. The molecule has 0 unspecified atom stereocenters. The van der Waals surface area contributed by atoms with Crippen LogP contribution >= 0.6 is 22.9 Å². The second-order valence-corrected chi connectivity index (χ2v) is 8.79. The number of hydrogen-bond donors (Lipinski definition) is 0. The van der Waals surface area contributed by atoms with Crippen molar-refractivity contribution in [2.24, 2.45) is 0 Å². The predicted octanol–water partition coefficient (Wildman–Crippen LogP) is 4.79. The van der Waals surface area contributed by atoms with Crippen LogP contribution in [-0.4, -0.2) is 9.13 Å². The zero-order valence-corrected chi connectivity index (χ0v) is 17.9. The van der Waals surface area contributed by atoms with Gasteiger partial charge in [-0.25, -0.2) is 4.79 Å². The van der Waals surface area contributed by atoms with Crippen molar-refractivity contribution in [1.82, 2.24) is 9.13 Å². The summed E-state index contributed by atoms with van der Waals surface area (Å²) in [5, 5.41) is 1.27. The lowest BCUT2D eigenvalue weighted by Gasteiger charge is -2.13. The third kappa shape index (κ3) is 3.80. The lowest BCUT2D eigenvalue weighted by Crippen LogP contribution is -2.40. The van der Waals surface area contributed by atoms with Crippen molar-refractivity contribution in [3.63, 3.8) is 0 Å². The van der Waals surface area contributed by atoms with Gasteiger partial charge in [-0.1, -0.05) is 54.1 Å². The van der Waals surface area contributed by atoms with E-state index in [0.717, 1.165) is 26.4 Å². The van der Waals surface area contributed by atoms with E-state index in [-0.39, 0.29) is 11.2 Å². The number of nitrogens with zero attached hydrogens (tertiary/aromatic N) is 2. The second-order valence-electron chi connectivity index (χ2n) is 7.15. The van der Waals surface area contributed by atoms with Gasteiger partial charge in [-0.2, -0.15) is 0 Å². The van der Waals surface area contributed by atoms with Crippen LogP contribution in [-0.2, 0) is 19.5 Å². The summed E-state index contributed by atoms with van der Waals surface area (Å²) in [6, 6.07) is 17.4. The molecule has 0 aliphatic carbocycles. The molecule has 0 aliphatic rings. The lowest BCUT2D eigenvalue weighted by molar-refractivity contribution is 0.591. The standard InChI is InChI=1S/C23H21ClN2O2S/c1-15-16(2)29-22-20(15)21(27)25(12-11-17-7-4-3-5-8-17)23(28)26(22)14-18-9-6-10-19(24)13-18/h3-10,13H,11-12,14H2,1-2H3. The molecule has 6 heteroatoms. The summed E-state index contributed by atoms with van der Waals surface area (Å²) in [6.45, 7) is 4.66. The third-order valence-electron chi connectivity index (χ3n) is 5.23. The van der Waals surface area contributed by atoms with E-state index in [1.54, 1.807) is 4.57 Å². The molecule has 0 saturated carbocycles. The van der Waals surface area contributed by atoms with Crippen LogP contribution in [0.15, 0.2) is 64.2 Å². The molecule has 148 valence electrons. The van der Waals surface area contributed by atoms with Gasteiger partial charge in [0.1, 0.15) is 4.83 Å². The average molecular weight is 425 g/mol. The average Bonchev–Trinajstić information content (AvgIpc) is 3.01. The Kier molecular flexibility index (Phi) is 5.43. The highest BCUT2D eigenvalue weighted by molar-refractivity contribution is 7.18. The van der Waals surface area contributed by atoms with Gasteiger partial charge in [-0.3, -0.25) is 13.9 Å². The van der Waals surface area contributed by atoms with E-state index in [4.69, 9.17) is 11.6 Å². The molecule has 0 saturated heterocycles. The molecular formula is C23H21ClN2O2S. The van der Waals surface area contributed by atoms with Crippen LogP contribution in [0.2, 0.25) is 5.02 Å². The Bertz CT molecular complexity index is 1300. The minimum Gasteiger partial charge on any atom is -0.280 e. The van der Waals surface area contributed by atoms with Crippen LogP contribution in [0.25, 0.3) is 10.2 Å². The first kappa shape index (κ1) is 19.7. The molecule has 0 radical (unpaired) electrons. The van der Waals surface area contributed by atoms with Crippen molar-refractivity contribution in [2.75, 3.05) is 0 Å². The summed E-state index contributed by atoms with van der Waals surface area (Å²) in [6.07, 6.45) is 0.626. The Morgan fingerprint density at radius 2 is 1.66 bits per heavy atom. The van der Waals surface area contributed by atoms with E-state index in [1.165, 1.54) is 15.9 Å². The highest BCUT2D eigenvalue weighted by Gasteiger charge is 2.18. The number of thiophene rings is 1. The molecule has 0 bridgehead atoms. The summed E-state index contributed by atoms with van der Waals surface area (Å²) in [7, 11) is 0. The Morgan fingerprint density at radius 3 is 2.38 bits per heavy atom. The molecule has 0 spiro atoms. The molecule has 29 heavy (non-hydrogen) atoms. The summed E-state index contributed by atoms with van der Waals surface area (Å²) in [5.74, 6) is 0. The second kappa shape index (κ2) is 8.01. The van der Waals surface area contributed by atoms with Crippen molar-refractivity contribution >= 4 is 33.2 Å². The molecule has 0 atom stereocenters. The largest absolute Gasteiger partial charge is 0.332 e. The van der Waals surface area contributed by atoms with Gasteiger partial charge in [0.25, 0.3) is 5.56 Å². The Balaban J connectivity index is 1.86. The smallest absolute Gasteiger partial charge is 0.280 e. The van der Waals surface area contributed by atoms with E-state index < -0.39 is 0 Å². The third-order valence-corrected chi connectivity index (χ3v) is 6.69. The maximum Gasteiger partial charge on any atom is 0.332 e. The van der Waals surface area contributed by atoms with Crippen LogP contribution < -0.4 is 11.2 Å². The number of rotatable bonds is 5. The molecule has 2 aromatic heterocycles. The number of aryl methyl sites for hydroxylation is 3. The molecule has 0 aliphatic heterocycles. The molecule has 0 fully saturated rings. The maximum atomic E-state index is 13.3. The molecule has 4 aromatic rings. The van der Waals surface area contributed by atoms with Gasteiger partial charge in [0, 0.05) is 16.4 Å². The summed E-state index contributed by atoms with van der Waals surface area (Å²) >= 11 is 7.63. The van der Waals surface area contributed by atoms with Gasteiger partial charge >= 0.3 is 5.69 Å². The maximum absolute atomic E-state index is 13.3. The van der Waals surface area contributed by atoms with Crippen molar-refractivity contribution < 1.29 is 0 Å². The van der Waals surface area contributed by atoms with Crippen molar-refractivity contribution in [3.8, 4) is 0 Å². The Labute approximate surface area is 177 Å². The summed E-state index contributed by atoms with van der Waals surface area (Å²) in [4.78, 5) is 28.3. The molecular weight excluding hydrogens is 404 g/mol. The SMILES string of the molecule is Cc1sc2c(c1C)c(=O)n(CCc1ccccc1)c(=O)n2Cc1cccc(Cl)c1. The van der Waals surface area contributed by atoms with E-state index in [9.17, 15) is 9.59 Å². The zero-order valence-electron chi connectivity index (χ0n) is 16.3. The van der Waals surface area contributed by atoms with Gasteiger partial charge in [0.15, 0.2) is 0 Å². The zero-order chi connectivity index (χ0) is 20.5. The number of fused-ring (bicyclic) bond motifs is 1. The normalized spacial score (nSPS) is 11.3. The first-order valence-corrected chi connectivity index (χ1v) is 10.7. The fourth-order valence-corrected chi connectivity index (χ4v) is 4.90. The summed E-state index contributed by atoms with van der Waals surface area (Å²) < 4.78 is 3.08. The van der Waals surface area contributed by atoms with Crippen LogP contribution in [0.4, 0.5) is 0 Å². The Hall–Kier alpha value is -2.63. The van der Waals surface area contributed by atoms with Crippen LogP contribution in [0, 0.1) is 13.8 Å². The van der Waals surface area contributed by atoms with Crippen LogP contribution in [0.5, 0.6) is 0 Å². The van der Waals surface area contributed by atoms with Crippen LogP contribution in [0.1, 0.15) is 21.6 Å². The van der Waals surface area contributed by atoms with Gasteiger partial charge in [-0.05, 0) is 49.1 Å². The number of benzene rings is 2. The van der Waals surface area contributed by atoms with E-state index in [1.807, 2.05) is 68.4 Å². The van der Waals surface area contributed by atoms with E-state index in [2.05, 4.69) is 0 Å². The van der Waals surface area contributed by atoms with E-state index in [0.29, 0.717) is 29.9 Å². The van der Waals surface area contributed by atoms with Gasteiger partial charge in [0.2, 0.25) is 0 Å². The van der Waals surface area contributed by atoms with Gasteiger partial charge < -0.3 is 0 Å². The molecule has 0 N–H and O–H groups in total. The first-order valence-electron chi connectivity index (χ1n) is 9.47. The van der Waals surface area contributed by atoms with E-state index >= 15 is 0 Å². The molecule has 2 heterocycles. The minimum absolute atomic E-state index is 0.204. The molecule has 4 rings (SSSR count). The van der Waals surface area contributed by atoms with Crippen molar-refractivity contribution in [3.05, 3.63) is 102 Å². The molecule has 2 aromatic carbocycles. The van der Waals surface area contributed by atoms with Crippen LogP contribution in [0.3, 0.4) is 0 Å². The first-order chi connectivity index (χ1) is 14.0. The number of halogens is 1. The number of hydrogen-bond acceptors (Lipinski definition) is 3.